The molecular formula is C14H13N3O2. The number of anilines is 1. The molecule has 0 unspecified atom stereocenters. The molecule has 5 heteroatoms. The quantitative estimate of drug-likeness (QED) is 0.395. The zero-order valence-electron chi connectivity index (χ0n) is 10.5. The number of fused-ring (bicyclic) bond motifs is 1. The van der Waals surface area contributed by atoms with Crippen LogP contribution < -0.4 is 5.32 Å². The number of non-ortho nitro benzene ring substituents is 1. The van der Waals surface area contributed by atoms with Gasteiger partial charge in [-0.15, -0.1) is 12.3 Å². The molecule has 1 N–H and O–H groups in total. The Morgan fingerprint density at radius 2 is 2.26 bits per heavy atom. The first-order valence-corrected chi connectivity index (χ1v) is 5.85. The van der Waals surface area contributed by atoms with Crippen LogP contribution in [0.3, 0.4) is 0 Å². The Kier molecular flexibility index (Phi) is 3.62. The summed E-state index contributed by atoms with van der Waals surface area (Å²) in [6.07, 6.45) is 5.80. The highest BCUT2D eigenvalue weighted by Gasteiger charge is 2.10. The van der Waals surface area contributed by atoms with E-state index in [1.165, 1.54) is 12.1 Å². The monoisotopic (exact) mass is 255 g/mol. The van der Waals surface area contributed by atoms with Crippen molar-refractivity contribution in [3.8, 4) is 12.3 Å². The van der Waals surface area contributed by atoms with Gasteiger partial charge in [0, 0.05) is 41.9 Å². The normalized spacial score (nSPS) is 10.1. The van der Waals surface area contributed by atoms with Crippen molar-refractivity contribution in [3.63, 3.8) is 0 Å². The van der Waals surface area contributed by atoms with Crippen LogP contribution in [0.1, 0.15) is 12.1 Å². The van der Waals surface area contributed by atoms with Gasteiger partial charge in [0.2, 0.25) is 0 Å². The fourth-order valence-electron chi connectivity index (χ4n) is 1.88. The van der Waals surface area contributed by atoms with Crippen molar-refractivity contribution in [2.24, 2.45) is 0 Å². The highest BCUT2D eigenvalue weighted by molar-refractivity contribution is 5.93. The summed E-state index contributed by atoms with van der Waals surface area (Å²) in [6, 6.07) is 6.51. The number of nitrogens with zero attached hydrogens (tertiary/aromatic N) is 2. The van der Waals surface area contributed by atoms with E-state index < -0.39 is 4.92 Å². The van der Waals surface area contributed by atoms with E-state index in [-0.39, 0.29) is 5.69 Å². The second-order valence-electron chi connectivity index (χ2n) is 4.15. The summed E-state index contributed by atoms with van der Waals surface area (Å²) in [5.74, 6) is 2.54. The Hall–Kier alpha value is -2.61. The molecule has 0 spiro atoms. The zero-order chi connectivity index (χ0) is 13.8. The van der Waals surface area contributed by atoms with Crippen LogP contribution in [0, 0.1) is 29.4 Å². The molecule has 19 heavy (non-hydrogen) atoms. The third kappa shape index (κ3) is 2.80. The van der Waals surface area contributed by atoms with E-state index in [0.29, 0.717) is 13.0 Å². The molecule has 0 bridgehead atoms. The van der Waals surface area contributed by atoms with E-state index in [1.807, 2.05) is 13.0 Å². The molecular weight excluding hydrogens is 242 g/mol. The van der Waals surface area contributed by atoms with Gasteiger partial charge in [-0.1, -0.05) is 0 Å². The number of benzene rings is 1. The Morgan fingerprint density at radius 3 is 2.95 bits per heavy atom. The fourth-order valence-corrected chi connectivity index (χ4v) is 1.88. The van der Waals surface area contributed by atoms with Crippen LogP contribution in [0.2, 0.25) is 0 Å². The minimum Gasteiger partial charge on any atom is -0.383 e. The van der Waals surface area contributed by atoms with Gasteiger partial charge in [-0.05, 0) is 19.1 Å². The maximum Gasteiger partial charge on any atom is 0.270 e. The molecule has 1 aromatic carbocycles. The molecule has 0 atom stereocenters. The topological polar surface area (TPSA) is 68.1 Å². The van der Waals surface area contributed by atoms with Crippen molar-refractivity contribution in [2.45, 2.75) is 13.3 Å². The maximum atomic E-state index is 10.8. The van der Waals surface area contributed by atoms with E-state index >= 15 is 0 Å². The first-order valence-electron chi connectivity index (χ1n) is 5.85. The van der Waals surface area contributed by atoms with Gasteiger partial charge in [0.25, 0.3) is 5.69 Å². The summed E-state index contributed by atoms with van der Waals surface area (Å²) >= 11 is 0. The number of pyridine rings is 1. The number of rotatable bonds is 4. The molecule has 0 saturated carbocycles. The Balaban J connectivity index is 2.50. The molecule has 5 nitrogen and oxygen atoms in total. The Labute approximate surface area is 110 Å². The molecule has 0 radical (unpaired) electrons. The number of nitrogens with one attached hydrogen (secondary N) is 1. The van der Waals surface area contributed by atoms with Gasteiger partial charge in [0.1, 0.15) is 0 Å². The predicted molar refractivity (Wildman–Crippen MR) is 75.1 cm³/mol. The zero-order valence-corrected chi connectivity index (χ0v) is 10.5. The number of terminal acetylenes is 1. The first kappa shape index (κ1) is 12.8. The lowest BCUT2D eigenvalue weighted by Crippen LogP contribution is -2.02. The lowest BCUT2D eigenvalue weighted by Gasteiger charge is -2.09. The van der Waals surface area contributed by atoms with Crippen molar-refractivity contribution in [1.82, 2.24) is 4.98 Å². The SMILES string of the molecule is C#CCCNc1cc(C)nc2ccc([N+](=O)[O-])cc12. The van der Waals surface area contributed by atoms with Gasteiger partial charge in [0.05, 0.1) is 10.4 Å². The van der Waals surface area contributed by atoms with Crippen LogP contribution >= 0.6 is 0 Å². The van der Waals surface area contributed by atoms with Crippen molar-refractivity contribution >= 4 is 22.3 Å². The molecule has 1 heterocycles. The van der Waals surface area contributed by atoms with E-state index in [9.17, 15) is 10.1 Å². The van der Waals surface area contributed by atoms with Gasteiger partial charge in [-0.3, -0.25) is 15.1 Å². The van der Waals surface area contributed by atoms with Gasteiger partial charge < -0.3 is 5.32 Å². The van der Waals surface area contributed by atoms with Crippen LogP contribution in [0.25, 0.3) is 10.9 Å². The first-order chi connectivity index (χ1) is 9.11. The lowest BCUT2D eigenvalue weighted by molar-refractivity contribution is -0.384. The number of nitro benzene ring substituents is 1. The van der Waals surface area contributed by atoms with Gasteiger partial charge >= 0.3 is 0 Å². The number of hydrogen-bond acceptors (Lipinski definition) is 4. The third-order valence-corrected chi connectivity index (χ3v) is 2.72. The van der Waals surface area contributed by atoms with Crippen molar-refractivity contribution in [3.05, 3.63) is 40.1 Å². The maximum absolute atomic E-state index is 10.8. The second-order valence-corrected chi connectivity index (χ2v) is 4.15. The van der Waals surface area contributed by atoms with E-state index in [0.717, 1.165) is 22.3 Å². The molecule has 2 aromatic rings. The van der Waals surface area contributed by atoms with Crippen LogP contribution in [0.5, 0.6) is 0 Å². The number of nitro groups is 1. The highest BCUT2D eigenvalue weighted by Crippen LogP contribution is 2.27. The fraction of sp³-hybridized carbons (Fsp3) is 0.214. The standard InChI is InChI=1S/C14H13N3O2/c1-3-4-7-15-14-8-10(2)16-13-6-5-11(17(18)19)9-12(13)14/h1,5-6,8-9H,4,7H2,2H3,(H,15,16). The third-order valence-electron chi connectivity index (χ3n) is 2.72. The largest absolute Gasteiger partial charge is 0.383 e. The van der Waals surface area contributed by atoms with Gasteiger partial charge in [-0.2, -0.15) is 0 Å². The summed E-state index contributed by atoms with van der Waals surface area (Å²) < 4.78 is 0. The molecule has 1 aromatic heterocycles. The Bertz CT molecular complexity index is 674. The number of hydrogen-bond donors (Lipinski definition) is 1. The molecule has 0 amide bonds. The predicted octanol–water partition coefficient (Wildman–Crippen LogP) is 2.89. The molecule has 0 fully saturated rings. The van der Waals surface area contributed by atoms with E-state index in [2.05, 4.69) is 16.2 Å². The molecule has 0 aliphatic heterocycles. The summed E-state index contributed by atoms with van der Waals surface area (Å²) in [5, 5.41) is 14.7. The molecule has 0 aliphatic rings. The Morgan fingerprint density at radius 1 is 1.47 bits per heavy atom. The molecule has 96 valence electrons. The average molecular weight is 255 g/mol. The number of aryl methyl sites for hydroxylation is 1. The van der Waals surface area contributed by atoms with Crippen molar-refractivity contribution in [1.29, 1.82) is 0 Å². The molecule has 0 saturated heterocycles. The smallest absolute Gasteiger partial charge is 0.270 e. The average Bonchev–Trinajstić information content (AvgIpc) is 2.38. The second kappa shape index (κ2) is 5.36. The summed E-state index contributed by atoms with van der Waals surface area (Å²) in [4.78, 5) is 14.8. The lowest BCUT2D eigenvalue weighted by atomic mass is 10.1. The van der Waals surface area contributed by atoms with Crippen LogP contribution in [-0.2, 0) is 0 Å². The van der Waals surface area contributed by atoms with Crippen molar-refractivity contribution in [2.75, 3.05) is 11.9 Å². The molecule has 0 aliphatic carbocycles. The van der Waals surface area contributed by atoms with Crippen LogP contribution in [0.15, 0.2) is 24.3 Å². The van der Waals surface area contributed by atoms with Crippen LogP contribution in [-0.4, -0.2) is 16.5 Å². The summed E-state index contributed by atoms with van der Waals surface area (Å²) in [7, 11) is 0. The minimum atomic E-state index is -0.412. The minimum absolute atomic E-state index is 0.0538. The van der Waals surface area contributed by atoms with E-state index in [4.69, 9.17) is 6.42 Å². The van der Waals surface area contributed by atoms with Gasteiger partial charge in [0.15, 0.2) is 0 Å². The van der Waals surface area contributed by atoms with E-state index in [1.54, 1.807) is 6.07 Å². The van der Waals surface area contributed by atoms with Gasteiger partial charge in [-0.25, -0.2) is 0 Å². The number of aromatic nitrogens is 1. The van der Waals surface area contributed by atoms with Crippen molar-refractivity contribution < 1.29 is 4.92 Å². The van der Waals surface area contributed by atoms with Crippen LogP contribution in [0.4, 0.5) is 11.4 Å². The summed E-state index contributed by atoms with van der Waals surface area (Å²) in [5.41, 5.74) is 2.46. The summed E-state index contributed by atoms with van der Waals surface area (Å²) in [6.45, 7) is 2.50. The highest BCUT2D eigenvalue weighted by atomic mass is 16.6. The molecule has 2 rings (SSSR count).